The Kier molecular flexibility index (Phi) is 5.46. The first-order valence-corrected chi connectivity index (χ1v) is 15.7. The van der Waals surface area contributed by atoms with Crippen LogP contribution in [-0.4, -0.2) is 23.3 Å². The minimum absolute atomic E-state index is 0.0518. The van der Waals surface area contributed by atoms with Gasteiger partial charge >= 0.3 is 0 Å². The van der Waals surface area contributed by atoms with Gasteiger partial charge in [-0.25, -0.2) is 0 Å². The van der Waals surface area contributed by atoms with Gasteiger partial charge in [0, 0.05) is 27.6 Å². The fourth-order valence-electron chi connectivity index (χ4n) is 12.1. The van der Waals surface area contributed by atoms with Gasteiger partial charge in [0.25, 0.3) is 0 Å². The lowest BCUT2D eigenvalue weighted by Crippen LogP contribution is -2.71. The van der Waals surface area contributed by atoms with Crippen molar-refractivity contribution in [2.45, 2.75) is 125 Å². The van der Waals surface area contributed by atoms with Crippen LogP contribution in [0.15, 0.2) is 23.3 Å². The van der Waals surface area contributed by atoms with Crippen molar-refractivity contribution in [3.05, 3.63) is 23.3 Å². The molecule has 0 aromatic heterocycles. The van der Waals surface area contributed by atoms with Gasteiger partial charge in [-0.05, 0) is 79.3 Å². The number of ether oxygens (including phenoxy) is 1. The zero-order valence-corrected chi connectivity index (χ0v) is 25.8. The van der Waals surface area contributed by atoms with E-state index in [0.717, 1.165) is 56.9 Å². The minimum Gasteiger partial charge on any atom is -0.362 e. The van der Waals surface area contributed by atoms with Crippen LogP contribution in [0, 0.1) is 61.6 Å². The predicted octanol–water partition coefficient (Wildman–Crippen LogP) is 7.77. The van der Waals surface area contributed by atoms with Crippen molar-refractivity contribution >= 4 is 11.6 Å². The summed E-state index contributed by atoms with van der Waals surface area (Å²) >= 11 is 0. The zero-order valence-electron chi connectivity index (χ0n) is 25.8. The number of rotatable bonds is 3. The number of fused-ring (bicyclic) bond motifs is 4. The van der Waals surface area contributed by atoms with E-state index in [9.17, 15) is 14.9 Å². The highest BCUT2D eigenvalue weighted by Gasteiger charge is 2.82. The van der Waals surface area contributed by atoms with E-state index in [-0.39, 0.29) is 56.7 Å². The van der Waals surface area contributed by atoms with E-state index < -0.39 is 16.4 Å². The maximum Gasteiger partial charge on any atom is 0.188 e. The van der Waals surface area contributed by atoms with Crippen LogP contribution in [0.4, 0.5) is 0 Å². The monoisotopic (exact) mass is 531 g/mol. The Balaban J connectivity index is 1.59. The number of hydrogen-bond acceptors (Lipinski definition) is 4. The number of carbonyl (C=O) groups excluding carboxylic acids is 2. The summed E-state index contributed by atoms with van der Waals surface area (Å²) in [4.78, 5) is 28.2. The topological polar surface area (TPSA) is 67.2 Å². The third kappa shape index (κ3) is 2.76. The number of hydrogen-bond donors (Lipinski definition) is 0. The summed E-state index contributed by atoms with van der Waals surface area (Å²) in [6, 6.07) is 2.22. The van der Waals surface area contributed by atoms with Crippen molar-refractivity contribution in [2.24, 2.45) is 50.2 Å². The predicted molar refractivity (Wildman–Crippen MR) is 152 cm³/mol. The molecular weight excluding hydrogens is 482 g/mol. The summed E-state index contributed by atoms with van der Waals surface area (Å²) in [5, 5.41) is 9.96. The van der Waals surface area contributed by atoms with Crippen LogP contribution in [0.25, 0.3) is 0 Å². The molecule has 9 atom stereocenters. The normalized spacial score (nSPS) is 50.7. The average Bonchev–Trinajstić information content (AvgIpc) is 2.98. The van der Waals surface area contributed by atoms with Crippen LogP contribution in [0.3, 0.4) is 0 Å². The highest BCUT2D eigenvalue weighted by Crippen LogP contribution is 2.80. The Labute approximate surface area is 236 Å². The lowest BCUT2D eigenvalue weighted by Gasteiger charge is -2.69. The molecule has 0 amide bonds. The molecule has 4 bridgehead atoms. The SMILES string of the molecule is CCCC1C2OC34C(=O)C=C5C6(C)C=C(C#N)C(=O)C(C)(C)C6CCC5(C)C3(C)CCC2(CC)C4CC1(C)C. The third-order valence-electron chi connectivity index (χ3n) is 14.3. The molecule has 1 saturated heterocycles. The summed E-state index contributed by atoms with van der Waals surface area (Å²) in [5.41, 5.74) is -0.917. The molecule has 4 heteroatoms. The van der Waals surface area contributed by atoms with Crippen molar-refractivity contribution < 1.29 is 14.3 Å². The van der Waals surface area contributed by atoms with E-state index >= 15 is 0 Å². The Bertz CT molecular complexity index is 1260. The maximum absolute atomic E-state index is 14.9. The number of nitrogens with zero attached hydrogens (tertiary/aromatic N) is 1. The van der Waals surface area contributed by atoms with E-state index in [1.165, 1.54) is 0 Å². The summed E-state index contributed by atoms with van der Waals surface area (Å²) < 4.78 is 7.48. The maximum atomic E-state index is 14.9. The molecule has 0 aromatic carbocycles. The lowest BCUT2D eigenvalue weighted by molar-refractivity contribution is -0.202. The van der Waals surface area contributed by atoms with Crippen LogP contribution in [0.2, 0.25) is 0 Å². The highest BCUT2D eigenvalue weighted by atomic mass is 16.5. The zero-order chi connectivity index (χ0) is 28.6. The second kappa shape index (κ2) is 7.76. The molecule has 0 aromatic rings. The molecule has 4 nitrogen and oxygen atoms in total. The van der Waals surface area contributed by atoms with Gasteiger partial charge in [0.15, 0.2) is 11.6 Å². The molecule has 6 aliphatic rings. The van der Waals surface area contributed by atoms with Crippen molar-refractivity contribution in [2.75, 3.05) is 0 Å². The fourth-order valence-corrected chi connectivity index (χ4v) is 12.1. The Morgan fingerprint density at radius 3 is 2.31 bits per heavy atom. The molecular formula is C35H49NO3. The highest BCUT2D eigenvalue weighted by molar-refractivity contribution is 6.05. The fraction of sp³-hybridized carbons (Fsp3) is 0.800. The van der Waals surface area contributed by atoms with E-state index in [0.29, 0.717) is 5.92 Å². The van der Waals surface area contributed by atoms with E-state index in [1.807, 2.05) is 26.0 Å². The van der Waals surface area contributed by atoms with Gasteiger partial charge in [0.05, 0.1) is 11.7 Å². The van der Waals surface area contributed by atoms with Gasteiger partial charge in [-0.1, -0.05) is 74.8 Å². The van der Waals surface area contributed by atoms with Gasteiger partial charge in [0.1, 0.15) is 11.7 Å². The molecule has 1 spiro atoms. The van der Waals surface area contributed by atoms with Crippen LogP contribution < -0.4 is 0 Å². The Hall–Kier alpha value is -1.73. The largest absolute Gasteiger partial charge is 0.362 e. The van der Waals surface area contributed by atoms with Crippen molar-refractivity contribution in [1.82, 2.24) is 0 Å². The number of Topliss-reactive ketones (excluding diaryl/α,β-unsaturated/α-hetero) is 1. The quantitative estimate of drug-likeness (QED) is 0.373. The molecule has 6 rings (SSSR count). The Morgan fingerprint density at radius 2 is 1.69 bits per heavy atom. The molecule has 212 valence electrons. The number of allylic oxidation sites excluding steroid dienone is 3. The second-order valence-corrected chi connectivity index (χ2v) is 16.2. The van der Waals surface area contributed by atoms with Crippen LogP contribution >= 0.6 is 0 Å². The summed E-state index contributed by atoms with van der Waals surface area (Å²) in [6.45, 7) is 20.5. The molecule has 9 unspecified atom stereocenters. The molecule has 3 saturated carbocycles. The lowest BCUT2D eigenvalue weighted by atomic mass is 9.33. The molecule has 0 radical (unpaired) electrons. The van der Waals surface area contributed by atoms with Gasteiger partial charge in [0.2, 0.25) is 0 Å². The molecule has 39 heavy (non-hydrogen) atoms. The van der Waals surface area contributed by atoms with E-state index in [2.05, 4.69) is 54.5 Å². The first kappa shape index (κ1) is 27.4. The van der Waals surface area contributed by atoms with Crippen LogP contribution in [0.5, 0.6) is 0 Å². The summed E-state index contributed by atoms with van der Waals surface area (Å²) in [7, 11) is 0. The first-order valence-electron chi connectivity index (χ1n) is 15.7. The number of nitriles is 1. The third-order valence-corrected chi connectivity index (χ3v) is 14.3. The van der Waals surface area contributed by atoms with Crippen molar-refractivity contribution in [3.63, 3.8) is 0 Å². The molecule has 1 aliphatic heterocycles. The standard InChI is InChI=1S/C35H49NO3/c1-10-12-22-28-34(11-2)16-15-33(9)32(8)14-13-23-30(5,6)27(38)21(20-36)18-31(23,7)24(32)17-26(37)35(33,39-28)25(34)19-29(22,3)4/h17-18,22-23,25,28H,10-16,19H2,1-9H3. The average molecular weight is 532 g/mol. The van der Waals surface area contributed by atoms with E-state index in [1.54, 1.807) is 0 Å². The van der Waals surface area contributed by atoms with Gasteiger partial charge < -0.3 is 4.74 Å². The van der Waals surface area contributed by atoms with E-state index in [4.69, 9.17) is 4.74 Å². The molecule has 0 N–H and O–H groups in total. The molecule has 5 aliphatic carbocycles. The van der Waals surface area contributed by atoms with Crippen LogP contribution in [0.1, 0.15) is 114 Å². The van der Waals surface area contributed by atoms with Gasteiger partial charge in [-0.2, -0.15) is 5.26 Å². The first-order chi connectivity index (χ1) is 18.1. The number of carbonyl (C=O) groups is 2. The van der Waals surface area contributed by atoms with Gasteiger partial charge in [-0.3, -0.25) is 9.59 Å². The second-order valence-electron chi connectivity index (χ2n) is 16.2. The minimum atomic E-state index is -0.797. The molecule has 4 fully saturated rings. The van der Waals surface area contributed by atoms with Gasteiger partial charge in [-0.15, -0.1) is 0 Å². The summed E-state index contributed by atoms with van der Waals surface area (Å²) in [6.07, 6.45) is 12.4. The van der Waals surface area contributed by atoms with Crippen molar-refractivity contribution in [1.29, 1.82) is 5.26 Å². The smallest absolute Gasteiger partial charge is 0.188 e. The van der Waals surface area contributed by atoms with Crippen LogP contribution in [-0.2, 0) is 14.3 Å². The summed E-state index contributed by atoms with van der Waals surface area (Å²) in [5.74, 6) is 0.868. The number of ketones is 2. The molecule has 1 heterocycles. The Morgan fingerprint density at radius 1 is 1.00 bits per heavy atom. The van der Waals surface area contributed by atoms with Crippen molar-refractivity contribution in [3.8, 4) is 6.07 Å².